The Morgan fingerprint density at radius 2 is 2.10 bits per heavy atom. The molecule has 0 bridgehead atoms. The lowest BCUT2D eigenvalue weighted by Crippen LogP contribution is -2.21. The number of nitrogens with zero attached hydrogens (tertiary/aromatic N) is 2. The molecule has 0 unspecified atom stereocenters. The van der Waals surface area contributed by atoms with Gasteiger partial charge in [0.05, 0.1) is 12.5 Å². The summed E-state index contributed by atoms with van der Waals surface area (Å²) in [6, 6.07) is 7.98. The van der Waals surface area contributed by atoms with Crippen LogP contribution in [0.5, 0.6) is 5.75 Å². The number of benzene rings is 1. The van der Waals surface area contributed by atoms with E-state index < -0.39 is 5.60 Å². The van der Waals surface area contributed by atoms with Crippen LogP contribution in [-0.4, -0.2) is 23.9 Å². The van der Waals surface area contributed by atoms with Crippen LogP contribution in [-0.2, 0) is 10.3 Å². The van der Waals surface area contributed by atoms with Gasteiger partial charge in [-0.1, -0.05) is 23.4 Å². The van der Waals surface area contributed by atoms with Gasteiger partial charge in [0, 0.05) is 12.7 Å². The van der Waals surface area contributed by atoms with Crippen molar-refractivity contribution in [3.8, 4) is 5.75 Å². The van der Waals surface area contributed by atoms with Gasteiger partial charge in [-0.2, -0.15) is 4.98 Å². The summed E-state index contributed by atoms with van der Waals surface area (Å²) in [7, 11) is 1.64. The summed E-state index contributed by atoms with van der Waals surface area (Å²) in [5, 5.41) is 4.05. The molecular weight excluding hydrogens is 256 g/mol. The number of ether oxygens (including phenoxy) is 2. The van der Waals surface area contributed by atoms with Crippen LogP contribution < -0.4 is 4.74 Å². The van der Waals surface area contributed by atoms with Gasteiger partial charge in [-0.15, -0.1) is 0 Å². The van der Waals surface area contributed by atoms with Gasteiger partial charge in [0.2, 0.25) is 11.7 Å². The normalized spacial score (nSPS) is 18.4. The summed E-state index contributed by atoms with van der Waals surface area (Å²) < 4.78 is 16.5. The predicted molar refractivity (Wildman–Crippen MR) is 72.7 cm³/mol. The third kappa shape index (κ3) is 2.18. The molecule has 5 nitrogen and oxygen atoms in total. The van der Waals surface area contributed by atoms with Crippen LogP contribution in [0.3, 0.4) is 0 Å². The summed E-state index contributed by atoms with van der Waals surface area (Å²) in [5.74, 6) is 2.18. The molecule has 106 valence electrons. The van der Waals surface area contributed by atoms with Crippen molar-refractivity contribution < 1.29 is 14.0 Å². The van der Waals surface area contributed by atoms with E-state index >= 15 is 0 Å². The van der Waals surface area contributed by atoms with Crippen molar-refractivity contribution in [1.82, 2.24) is 10.1 Å². The summed E-state index contributed by atoms with van der Waals surface area (Å²) >= 11 is 0. The highest BCUT2D eigenvalue weighted by atomic mass is 16.5. The molecular formula is C15H18N2O3. The van der Waals surface area contributed by atoms with Gasteiger partial charge in [0.25, 0.3) is 0 Å². The quantitative estimate of drug-likeness (QED) is 0.861. The first-order chi connectivity index (χ1) is 9.62. The maximum Gasteiger partial charge on any atom is 0.234 e. The van der Waals surface area contributed by atoms with Crippen molar-refractivity contribution in [1.29, 1.82) is 0 Å². The van der Waals surface area contributed by atoms with E-state index in [1.165, 1.54) is 0 Å². The van der Waals surface area contributed by atoms with E-state index in [0.717, 1.165) is 17.7 Å². The van der Waals surface area contributed by atoms with Gasteiger partial charge in [0.1, 0.15) is 11.4 Å². The largest absolute Gasteiger partial charge is 0.493 e. The summed E-state index contributed by atoms with van der Waals surface area (Å²) in [6.07, 6.45) is 0.839. The van der Waals surface area contributed by atoms with Crippen LogP contribution in [0, 0.1) is 0 Å². The zero-order chi connectivity index (χ0) is 14.2. The highest BCUT2D eigenvalue weighted by Gasteiger charge is 2.31. The summed E-state index contributed by atoms with van der Waals surface area (Å²) in [5.41, 5.74) is 0.552. The van der Waals surface area contributed by atoms with Crippen molar-refractivity contribution in [3.63, 3.8) is 0 Å². The highest BCUT2D eigenvalue weighted by molar-refractivity contribution is 5.40. The van der Waals surface area contributed by atoms with Gasteiger partial charge in [-0.25, -0.2) is 0 Å². The molecule has 1 aromatic carbocycles. The molecule has 5 heteroatoms. The van der Waals surface area contributed by atoms with Crippen LogP contribution in [0.4, 0.5) is 0 Å². The van der Waals surface area contributed by atoms with Crippen molar-refractivity contribution >= 4 is 0 Å². The molecule has 1 aliphatic rings. The number of hydrogen-bond donors (Lipinski definition) is 0. The van der Waals surface area contributed by atoms with Gasteiger partial charge < -0.3 is 14.0 Å². The number of aromatic nitrogens is 2. The van der Waals surface area contributed by atoms with Gasteiger partial charge in [-0.3, -0.25) is 0 Å². The van der Waals surface area contributed by atoms with E-state index in [2.05, 4.69) is 10.1 Å². The van der Waals surface area contributed by atoms with Gasteiger partial charge in [0.15, 0.2) is 0 Å². The minimum atomic E-state index is -0.549. The fourth-order valence-electron chi connectivity index (χ4n) is 2.31. The molecule has 20 heavy (non-hydrogen) atoms. The van der Waals surface area contributed by atoms with E-state index in [9.17, 15) is 0 Å². The molecule has 2 heterocycles. The van der Waals surface area contributed by atoms with E-state index in [1.54, 1.807) is 7.11 Å². The molecule has 2 aromatic rings. The second-order valence-corrected chi connectivity index (χ2v) is 5.40. The third-order valence-electron chi connectivity index (χ3n) is 3.75. The average Bonchev–Trinajstić information content (AvgIpc) is 2.97. The zero-order valence-corrected chi connectivity index (χ0v) is 11.9. The Kier molecular flexibility index (Phi) is 3.22. The number of para-hydroxylation sites is 1. The molecule has 0 aliphatic carbocycles. The Morgan fingerprint density at radius 1 is 1.30 bits per heavy atom. The Hall–Kier alpha value is -1.88. The second-order valence-electron chi connectivity index (χ2n) is 5.40. The van der Waals surface area contributed by atoms with Crippen molar-refractivity contribution in [2.75, 3.05) is 13.7 Å². The fourth-order valence-corrected chi connectivity index (χ4v) is 2.31. The Balaban J connectivity index is 1.95. The van der Waals surface area contributed by atoms with Crippen LogP contribution in [0.2, 0.25) is 0 Å². The first-order valence-corrected chi connectivity index (χ1v) is 6.73. The lowest BCUT2D eigenvalue weighted by molar-refractivity contribution is 0.00973. The molecule has 3 rings (SSSR count). The van der Waals surface area contributed by atoms with E-state index in [4.69, 9.17) is 14.0 Å². The van der Waals surface area contributed by atoms with Crippen molar-refractivity contribution in [2.45, 2.75) is 31.8 Å². The van der Waals surface area contributed by atoms with Crippen LogP contribution in [0.25, 0.3) is 0 Å². The first-order valence-electron chi connectivity index (χ1n) is 6.73. The van der Waals surface area contributed by atoms with E-state index in [1.807, 2.05) is 38.1 Å². The number of fused-ring (bicyclic) bond motifs is 1. The maximum atomic E-state index is 5.66. The smallest absolute Gasteiger partial charge is 0.234 e. The van der Waals surface area contributed by atoms with Crippen LogP contribution in [0.1, 0.15) is 43.5 Å². The second kappa shape index (κ2) is 4.90. The monoisotopic (exact) mass is 274 g/mol. The van der Waals surface area contributed by atoms with Crippen LogP contribution >= 0.6 is 0 Å². The van der Waals surface area contributed by atoms with E-state index in [0.29, 0.717) is 18.3 Å². The fraction of sp³-hybridized carbons (Fsp3) is 0.467. The SMILES string of the molecule is COC(C)(C)c1noc([C@H]2CCOc3ccccc32)n1. The molecule has 1 atom stereocenters. The summed E-state index contributed by atoms with van der Waals surface area (Å²) in [4.78, 5) is 4.52. The molecule has 0 N–H and O–H groups in total. The van der Waals surface area contributed by atoms with E-state index in [-0.39, 0.29) is 5.92 Å². The molecule has 0 radical (unpaired) electrons. The molecule has 0 fully saturated rings. The number of rotatable bonds is 3. The zero-order valence-electron chi connectivity index (χ0n) is 11.9. The lowest BCUT2D eigenvalue weighted by Gasteiger charge is -2.23. The maximum absolute atomic E-state index is 5.66. The molecule has 0 spiro atoms. The lowest BCUT2D eigenvalue weighted by atomic mass is 9.93. The molecule has 0 saturated heterocycles. The average molecular weight is 274 g/mol. The number of hydrogen-bond acceptors (Lipinski definition) is 5. The van der Waals surface area contributed by atoms with Crippen molar-refractivity contribution in [2.24, 2.45) is 0 Å². The minimum Gasteiger partial charge on any atom is -0.493 e. The standard InChI is InChI=1S/C15H18N2O3/c1-15(2,18-3)14-16-13(20-17-14)11-8-9-19-12-7-5-4-6-10(11)12/h4-7,11H,8-9H2,1-3H3/t11-/m0/s1. The molecule has 1 aromatic heterocycles. The minimum absolute atomic E-state index is 0.0915. The topological polar surface area (TPSA) is 57.4 Å². The molecule has 1 aliphatic heterocycles. The van der Waals surface area contributed by atoms with Gasteiger partial charge in [-0.05, 0) is 26.3 Å². The first kappa shape index (κ1) is 13.1. The summed E-state index contributed by atoms with van der Waals surface area (Å²) in [6.45, 7) is 4.49. The van der Waals surface area contributed by atoms with Crippen molar-refractivity contribution in [3.05, 3.63) is 41.5 Å². The Bertz CT molecular complexity index is 607. The highest BCUT2D eigenvalue weighted by Crippen LogP contribution is 2.37. The number of methoxy groups -OCH3 is 1. The molecule has 0 saturated carbocycles. The Morgan fingerprint density at radius 3 is 2.90 bits per heavy atom. The Labute approximate surface area is 117 Å². The third-order valence-corrected chi connectivity index (χ3v) is 3.75. The predicted octanol–water partition coefficient (Wildman–Crippen LogP) is 2.87. The molecule has 0 amide bonds. The van der Waals surface area contributed by atoms with Crippen LogP contribution in [0.15, 0.2) is 28.8 Å². The van der Waals surface area contributed by atoms with Gasteiger partial charge >= 0.3 is 0 Å².